The van der Waals surface area contributed by atoms with Gasteiger partial charge >= 0.3 is 29.6 Å². The molecule has 4 atom stereocenters. The van der Waals surface area contributed by atoms with Gasteiger partial charge in [0.2, 0.25) is 0 Å². The first-order valence-electron chi connectivity index (χ1n) is 7.22. The van der Waals surface area contributed by atoms with Crippen molar-refractivity contribution in [1.29, 1.82) is 0 Å². The smallest absolute Gasteiger partial charge is 0.497 e. The number of methoxy groups -OCH3 is 1. The average molecular weight is 399 g/mol. The van der Waals surface area contributed by atoms with Gasteiger partial charge in [0.05, 0.1) is 19.8 Å². The Morgan fingerprint density at radius 3 is 2.08 bits per heavy atom. The molecule has 0 saturated carbocycles. The fourth-order valence-corrected chi connectivity index (χ4v) is 2.33. The van der Waals surface area contributed by atoms with Gasteiger partial charge in [-0.15, -0.1) is 0 Å². The summed E-state index contributed by atoms with van der Waals surface area (Å²) < 4.78 is 5.16. The Morgan fingerprint density at radius 2 is 1.64 bits per heavy atom. The maximum absolute atomic E-state index is 10.0. The second-order valence-electron chi connectivity index (χ2n) is 5.29. The molecule has 0 amide bonds. The van der Waals surface area contributed by atoms with E-state index in [1.165, 1.54) is 4.90 Å². The van der Waals surface area contributed by atoms with Crippen molar-refractivity contribution in [3.63, 3.8) is 0 Å². The van der Waals surface area contributed by atoms with Gasteiger partial charge in [-0.05, 0) is 17.7 Å². The Labute approximate surface area is 179 Å². The molecule has 7 nitrogen and oxygen atoms in total. The monoisotopic (exact) mass is 399 g/mol. The zero-order chi connectivity index (χ0) is 18.3. The molecule has 0 spiro atoms. The fourth-order valence-electron chi connectivity index (χ4n) is 2.05. The quantitative estimate of drug-likeness (QED) is 0.160. The number of ether oxygens (including phenoxy) is 1. The normalized spacial score (nSPS) is 15.4. The molecule has 0 heterocycles. The molecule has 25 heavy (non-hydrogen) atoms. The van der Waals surface area contributed by atoms with Crippen molar-refractivity contribution in [2.24, 2.45) is 0 Å². The molecule has 0 saturated heterocycles. The van der Waals surface area contributed by atoms with Crippen LogP contribution in [0.25, 0.3) is 0 Å². The second kappa shape index (κ2) is 12.3. The minimum Gasteiger partial charge on any atom is -0.497 e. The molecule has 4 unspecified atom stereocenters. The number of hydrogen-bond acceptors (Lipinski definition) is 8. The third-order valence-corrected chi connectivity index (χ3v) is 4.04. The number of aliphatic hydroxyl groups excluding tert-OH is 5. The summed E-state index contributed by atoms with van der Waals surface area (Å²) >= 11 is 9.96. The second-order valence-corrected chi connectivity index (χ2v) is 6.32. The van der Waals surface area contributed by atoms with Gasteiger partial charge in [0.25, 0.3) is 0 Å². The van der Waals surface area contributed by atoms with E-state index in [0.717, 1.165) is 5.56 Å². The molecule has 1 aromatic rings. The van der Waals surface area contributed by atoms with Gasteiger partial charge in [0.15, 0.2) is 0 Å². The van der Waals surface area contributed by atoms with Gasteiger partial charge in [-0.2, -0.15) is 0 Å². The van der Waals surface area contributed by atoms with Crippen molar-refractivity contribution in [1.82, 2.24) is 4.90 Å². The summed E-state index contributed by atoms with van der Waals surface area (Å²) in [5.74, 6) is 0.697. The fraction of sp³-hybridized carbons (Fsp3) is 0.533. The third kappa shape index (κ3) is 8.00. The molecule has 10 heteroatoms. The van der Waals surface area contributed by atoms with E-state index < -0.39 is 31.0 Å². The summed E-state index contributed by atoms with van der Waals surface area (Å²) in [6.07, 6.45) is -6.32. The summed E-state index contributed by atoms with van der Waals surface area (Å²) in [7, 11) is 1.56. The Balaban J connectivity index is 0.00000576. The SMILES string of the molecule is COc1ccc(CN(CC(O)C(O)C(O)C(O)CO)C(=S)[S-])cc1.[Na+]. The maximum Gasteiger partial charge on any atom is 1.00 e. The van der Waals surface area contributed by atoms with Crippen LogP contribution in [0.5, 0.6) is 5.75 Å². The first kappa shape index (κ1) is 24.9. The van der Waals surface area contributed by atoms with Crippen LogP contribution in [0.1, 0.15) is 5.56 Å². The number of thiocarbonyl (C=S) groups is 1. The number of hydrogen-bond donors (Lipinski definition) is 5. The molecule has 0 radical (unpaired) electrons. The van der Waals surface area contributed by atoms with Gasteiger partial charge in [-0.25, -0.2) is 0 Å². The van der Waals surface area contributed by atoms with Crippen molar-refractivity contribution in [2.75, 3.05) is 20.3 Å². The largest absolute Gasteiger partial charge is 1.00 e. The van der Waals surface area contributed by atoms with E-state index in [-0.39, 0.29) is 40.4 Å². The molecular formula is C15H22NNaO6S2. The van der Waals surface area contributed by atoms with Crippen molar-refractivity contribution in [2.45, 2.75) is 31.0 Å². The number of rotatable bonds is 9. The van der Waals surface area contributed by atoms with E-state index >= 15 is 0 Å². The van der Waals surface area contributed by atoms with Crippen molar-refractivity contribution < 1.29 is 59.8 Å². The van der Waals surface area contributed by atoms with Crippen molar-refractivity contribution in [3.8, 4) is 5.75 Å². The van der Waals surface area contributed by atoms with Crippen LogP contribution in [0.15, 0.2) is 24.3 Å². The molecule has 1 aromatic carbocycles. The molecule has 1 rings (SSSR count). The molecule has 136 valence electrons. The first-order valence-corrected chi connectivity index (χ1v) is 8.03. The van der Waals surface area contributed by atoms with Crippen LogP contribution in [0, 0.1) is 0 Å². The van der Waals surface area contributed by atoms with E-state index in [0.29, 0.717) is 12.3 Å². The molecule has 0 aliphatic carbocycles. The van der Waals surface area contributed by atoms with Crippen molar-refractivity contribution >= 4 is 29.2 Å². The van der Waals surface area contributed by atoms with E-state index in [4.69, 9.17) is 34.7 Å². The number of aliphatic hydroxyl groups is 5. The summed E-state index contributed by atoms with van der Waals surface area (Å²) in [6.45, 7) is -0.570. The van der Waals surface area contributed by atoms with E-state index in [2.05, 4.69) is 0 Å². The zero-order valence-electron chi connectivity index (χ0n) is 14.1. The van der Waals surface area contributed by atoms with E-state index in [1.54, 1.807) is 19.2 Å². The maximum atomic E-state index is 10.0. The Bertz CT molecular complexity index is 521. The van der Waals surface area contributed by atoms with E-state index in [9.17, 15) is 20.4 Å². The van der Waals surface area contributed by atoms with Crippen LogP contribution >= 0.6 is 12.2 Å². The van der Waals surface area contributed by atoms with Crippen LogP contribution in [0.3, 0.4) is 0 Å². The van der Waals surface area contributed by atoms with Gasteiger partial charge in [0, 0.05) is 13.1 Å². The van der Waals surface area contributed by atoms with Gasteiger partial charge in [0.1, 0.15) is 24.1 Å². The minimum absolute atomic E-state index is 0. The van der Waals surface area contributed by atoms with Gasteiger partial charge in [-0.1, -0.05) is 16.5 Å². The third-order valence-electron chi connectivity index (χ3n) is 3.52. The Morgan fingerprint density at radius 1 is 1.12 bits per heavy atom. The topological polar surface area (TPSA) is 114 Å². The summed E-state index contributed by atoms with van der Waals surface area (Å²) in [6, 6.07) is 7.17. The Hall–Kier alpha value is -0.0700. The molecule has 5 N–H and O–H groups in total. The van der Waals surface area contributed by atoms with Gasteiger partial charge < -0.3 is 60.0 Å². The van der Waals surface area contributed by atoms with Crippen LogP contribution < -0.4 is 34.3 Å². The summed E-state index contributed by atoms with van der Waals surface area (Å²) in [4.78, 5) is 1.48. The first-order chi connectivity index (χ1) is 11.3. The predicted octanol–water partition coefficient (Wildman–Crippen LogP) is -4.23. The molecule has 0 bridgehead atoms. The molecule has 0 aliphatic rings. The molecular weight excluding hydrogens is 377 g/mol. The molecule has 0 aliphatic heterocycles. The standard InChI is InChI=1S/C15H23NO6S2.Na/c1-22-10-4-2-9(3-5-10)6-16(15(23)24)7-11(18)13(20)14(21)12(19)8-17;/h2-5,11-14,17-21H,6-8H2,1H3,(H,23,24);/q;+1/p-1. The zero-order valence-corrected chi connectivity index (χ0v) is 17.8. The summed E-state index contributed by atoms with van der Waals surface area (Å²) in [5, 5.41) is 47.7. The van der Waals surface area contributed by atoms with Crippen molar-refractivity contribution in [3.05, 3.63) is 29.8 Å². The van der Waals surface area contributed by atoms with Crippen LogP contribution in [0.2, 0.25) is 0 Å². The van der Waals surface area contributed by atoms with Crippen LogP contribution in [-0.2, 0) is 19.2 Å². The average Bonchev–Trinajstić information content (AvgIpc) is 2.59. The summed E-state index contributed by atoms with van der Waals surface area (Å²) in [5.41, 5.74) is 0.862. The predicted molar refractivity (Wildman–Crippen MR) is 94.5 cm³/mol. The van der Waals surface area contributed by atoms with E-state index in [1.807, 2.05) is 12.1 Å². The van der Waals surface area contributed by atoms with Crippen LogP contribution in [0.4, 0.5) is 0 Å². The molecule has 0 aromatic heterocycles. The molecule has 0 fully saturated rings. The number of benzene rings is 1. The Kier molecular flexibility index (Phi) is 12.3. The van der Waals surface area contributed by atoms with Crippen LogP contribution in [-0.4, -0.2) is 79.4 Å². The van der Waals surface area contributed by atoms with Gasteiger partial charge in [-0.3, -0.25) is 0 Å². The number of nitrogens with zero attached hydrogens (tertiary/aromatic N) is 1. The minimum atomic E-state index is -1.69.